The number of hydrogen-bond donors (Lipinski definition) is 1. The van der Waals surface area contributed by atoms with Crippen molar-refractivity contribution in [2.75, 3.05) is 5.73 Å². The third-order valence-electron chi connectivity index (χ3n) is 0.627. The van der Waals surface area contributed by atoms with E-state index in [0.29, 0.717) is 5.95 Å². The second-order valence-corrected chi connectivity index (χ2v) is 1.39. The Balaban J connectivity index is 0.000000218. The van der Waals surface area contributed by atoms with Crippen molar-refractivity contribution in [1.82, 2.24) is 4.98 Å². The molecule has 7 heteroatoms. The van der Waals surface area contributed by atoms with Gasteiger partial charge in [-0.05, 0) is 0 Å². The molecule has 1 aromatic rings. The van der Waals surface area contributed by atoms with Crippen molar-refractivity contribution >= 4 is 5.95 Å². The molecule has 60 valence electrons. The van der Waals surface area contributed by atoms with Gasteiger partial charge in [0.2, 0.25) is 0 Å². The summed E-state index contributed by atoms with van der Waals surface area (Å²) in [5, 5.41) is 14.8. The minimum atomic E-state index is -1.75. The first-order chi connectivity index (χ1) is 5.13. The molecule has 0 bridgehead atoms. The molecule has 0 saturated carbocycles. The topological polar surface area (TPSA) is 119 Å². The second-order valence-electron chi connectivity index (χ2n) is 1.39. The van der Waals surface area contributed by atoms with Gasteiger partial charge in [-0.2, -0.15) is 0 Å². The maximum absolute atomic E-state index is 8.25. The van der Waals surface area contributed by atoms with Crippen LogP contribution in [-0.2, 0) is 0 Å². The van der Waals surface area contributed by atoms with E-state index in [1.165, 1.54) is 0 Å². The summed E-state index contributed by atoms with van der Waals surface area (Å²) in [4.78, 5) is 14.6. The fourth-order valence-corrected chi connectivity index (χ4v) is 0.337. The summed E-state index contributed by atoms with van der Waals surface area (Å²) in [6.45, 7) is 0. The smallest absolute Gasteiger partial charge is 0.356 e. The van der Waals surface area contributed by atoms with Crippen LogP contribution in [0.15, 0.2) is 18.5 Å². The Morgan fingerprint density at radius 2 is 2.18 bits per heavy atom. The lowest BCUT2D eigenvalue weighted by atomic mass is 10.7. The number of aromatic amines is 1. The molecule has 0 aliphatic heterocycles. The van der Waals surface area contributed by atoms with E-state index in [4.69, 9.17) is 21.1 Å². The number of nitrogens with one attached hydrogen (secondary N) is 1. The van der Waals surface area contributed by atoms with Gasteiger partial charge in [-0.1, -0.05) is 4.98 Å². The highest BCUT2D eigenvalue weighted by atomic mass is 16.9. The van der Waals surface area contributed by atoms with E-state index in [1.54, 1.807) is 18.5 Å². The molecule has 7 nitrogen and oxygen atoms in total. The molecule has 1 rings (SSSR count). The molecule has 1 aromatic heterocycles. The molecular formula is C4H6N4O3. The maximum atomic E-state index is 8.25. The summed E-state index contributed by atoms with van der Waals surface area (Å²) in [6.07, 6.45) is 3.36. The molecular weight excluding hydrogens is 152 g/mol. The summed E-state index contributed by atoms with van der Waals surface area (Å²) in [6, 6.07) is 1.77. The van der Waals surface area contributed by atoms with Crippen LogP contribution in [0.2, 0.25) is 0 Å². The van der Waals surface area contributed by atoms with Crippen LogP contribution in [0.4, 0.5) is 5.95 Å². The molecule has 0 saturated heterocycles. The molecule has 11 heavy (non-hydrogen) atoms. The van der Waals surface area contributed by atoms with E-state index >= 15 is 0 Å². The van der Waals surface area contributed by atoms with Crippen molar-refractivity contribution in [2.24, 2.45) is 0 Å². The third-order valence-corrected chi connectivity index (χ3v) is 0.627. The summed E-state index contributed by atoms with van der Waals surface area (Å²) in [7, 11) is 0. The van der Waals surface area contributed by atoms with E-state index in [2.05, 4.69) is 9.97 Å². The van der Waals surface area contributed by atoms with Gasteiger partial charge >= 0.3 is 5.95 Å². The molecule has 0 unspecified atom stereocenters. The van der Waals surface area contributed by atoms with Crippen molar-refractivity contribution in [1.29, 1.82) is 0 Å². The van der Waals surface area contributed by atoms with Crippen molar-refractivity contribution in [2.45, 2.75) is 0 Å². The van der Waals surface area contributed by atoms with Gasteiger partial charge in [0.15, 0.2) is 0 Å². The lowest BCUT2D eigenvalue weighted by Gasteiger charge is -1.74. The third kappa shape index (κ3) is 8.08. The van der Waals surface area contributed by atoms with Crippen molar-refractivity contribution in [3.8, 4) is 0 Å². The zero-order valence-corrected chi connectivity index (χ0v) is 5.43. The Bertz CT molecular complexity index is 210. The summed E-state index contributed by atoms with van der Waals surface area (Å²) in [5.74, 6) is 0.447. The molecule has 3 N–H and O–H groups in total. The summed E-state index contributed by atoms with van der Waals surface area (Å²) < 4.78 is 0. The van der Waals surface area contributed by atoms with Gasteiger partial charge in [0.05, 0.1) is 11.3 Å². The second kappa shape index (κ2) is 4.91. The number of nitrogens with zero attached hydrogens (tertiary/aromatic N) is 2. The minimum absolute atomic E-state index is 0.447. The minimum Gasteiger partial charge on any atom is -0.356 e. The van der Waals surface area contributed by atoms with E-state index in [9.17, 15) is 0 Å². The average molecular weight is 158 g/mol. The lowest BCUT2D eigenvalue weighted by molar-refractivity contribution is -0.402. The Labute approximate surface area is 61.6 Å². The van der Waals surface area contributed by atoms with Gasteiger partial charge in [0.1, 0.15) is 6.20 Å². The van der Waals surface area contributed by atoms with Gasteiger partial charge < -0.3 is 15.3 Å². The van der Waals surface area contributed by atoms with Crippen molar-refractivity contribution in [3.05, 3.63) is 33.8 Å². The zero-order chi connectivity index (χ0) is 8.69. The Hall–Kier alpha value is -1.92. The number of anilines is 1. The van der Waals surface area contributed by atoms with Crippen LogP contribution < -0.4 is 10.7 Å². The highest BCUT2D eigenvalue weighted by molar-refractivity contribution is 5.01. The Morgan fingerprint density at radius 1 is 1.64 bits per heavy atom. The van der Waals surface area contributed by atoms with Gasteiger partial charge in [0.25, 0.3) is 0 Å². The molecule has 1 heterocycles. The van der Waals surface area contributed by atoms with Crippen LogP contribution in [0.25, 0.3) is 0 Å². The quantitative estimate of drug-likeness (QED) is 0.393. The number of hydrogen-bond acceptors (Lipinski definition) is 5. The largest absolute Gasteiger partial charge is 0.386 e. The molecule has 0 aliphatic rings. The Morgan fingerprint density at radius 3 is 2.36 bits per heavy atom. The van der Waals surface area contributed by atoms with Crippen LogP contribution in [0, 0.1) is 15.3 Å². The molecule has 0 aromatic carbocycles. The number of H-pyrrole nitrogens is 1. The number of rotatable bonds is 0. The van der Waals surface area contributed by atoms with Crippen LogP contribution in [0.1, 0.15) is 0 Å². The van der Waals surface area contributed by atoms with Crippen LogP contribution in [0.3, 0.4) is 0 Å². The van der Waals surface area contributed by atoms with Gasteiger partial charge in [-0.3, -0.25) is 5.73 Å². The molecule has 0 radical (unpaired) electrons. The summed E-state index contributed by atoms with van der Waals surface area (Å²) in [5.41, 5.74) is 5.19. The number of nitrogen functional groups attached to an aromatic ring is 1. The monoisotopic (exact) mass is 158 g/mol. The van der Waals surface area contributed by atoms with Gasteiger partial charge in [-0.15, -0.1) is 0 Å². The average Bonchev–Trinajstić information content (AvgIpc) is 1.87. The fourth-order valence-electron chi connectivity index (χ4n) is 0.337. The first-order valence-corrected chi connectivity index (χ1v) is 2.52. The van der Waals surface area contributed by atoms with E-state index < -0.39 is 5.09 Å². The SMILES string of the molecule is Nc1nccc[nH+]1.O=[N+]([O-])[O-]. The highest BCUT2D eigenvalue weighted by Crippen LogP contribution is 1.74. The van der Waals surface area contributed by atoms with Gasteiger partial charge in [-0.25, -0.2) is 4.98 Å². The predicted molar refractivity (Wildman–Crippen MR) is 35.6 cm³/mol. The van der Waals surface area contributed by atoms with Crippen molar-refractivity contribution < 1.29 is 10.1 Å². The van der Waals surface area contributed by atoms with E-state index in [0.717, 1.165) is 0 Å². The zero-order valence-electron chi connectivity index (χ0n) is 5.43. The molecule has 0 amide bonds. The first-order valence-electron chi connectivity index (χ1n) is 2.52. The summed E-state index contributed by atoms with van der Waals surface area (Å²) >= 11 is 0. The molecule has 0 aliphatic carbocycles. The lowest BCUT2D eigenvalue weighted by Crippen LogP contribution is -2.09. The van der Waals surface area contributed by atoms with Gasteiger partial charge in [0, 0.05) is 6.07 Å². The van der Waals surface area contributed by atoms with Crippen molar-refractivity contribution in [3.63, 3.8) is 0 Å². The highest BCUT2D eigenvalue weighted by Gasteiger charge is 1.84. The predicted octanol–water partition coefficient (Wildman–Crippen LogP) is -0.761. The van der Waals surface area contributed by atoms with Crippen LogP contribution in [-0.4, -0.2) is 10.1 Å². The molecule has 0 spiro atoms. The van der Waals surface area contributed by atoms with E-state index in [-0.39, 0.29) is 0 Å². The Kier molecular flexibility index (Phi) is 4.06. The maximum Gasteiger partial charge on any atom is 0.386 e. The fraction of sp³-hybridized carbons (Fsp3) is 0. The molecule has 0 fully saturated rings. The van der Waals surface area contributed by atoms with Crippen LogP contribution >= 0.6 is 0 Å². The number of aromatic nitrogens is 2. The normalized spacial score (nSPS) is 7.64. The standard InChI is InChI=1S/C4H5N3.NO3/c5-4-6-2-1-3-7-4;2-1(3)4/h1-3H,(H2,5,6,7);/q;-1/p+1. The number of nitrogens with two attached hydrogens (primary N) is 1. The van der Waals surface area contributed by atoms with E-state index in [1.807, 2.05) is 0 Å². The van der Waals surface area contributed by atoms with Crippen LogP contribution in [0.5, 0.6) is 0 Å². The molecule has 0 atom stereocenters. The first kappa shape index (κ1) is 9.08.